The lowest BCUT2D eigenvalue weighted by Gasteiger charge is -2.42. The summed E-state index contributed by atoms with van der Waals surface area (Å²) in [4.78, 5) is 71.8. The van der Waals surface area contributed by atoms with Crippen molar-refractivity contribution >= 4 is 29.2 Å². The van der Waals surface area contributed by atoms with Crippen molar-refractivity contribution in [1.82, 2.24) is 4.90 Å². The second kappa shape index (κ2) is 25.1. The largest absolute Gasteiger partial charge is 0.460 e. The van der Waals surface area contributed by atoms with Gasteiger partial charge >= 0.3 is 5.97 Å². The first-order chi connectivity index (χ1) is 30.7. The summed E-state index contributed by atoms with van der Waals surface area (Å²) < 4.78 is 29.4. The van der Waals surface area contributed by atoms with Gasteiger partial charge < -0.3 is 43.9 Å². The molecule has 3 aliphatic heterocycles. The molecule has 1 amide bonds. The van der Waals surface area contributed by atoms with Gasteiger partial charge in [0.1, 0.15) is 30.1 Å². The molecule has 14 heteroatoms. The van der Waals surface area contributed by atoms with Crippen LogP contribution < -0.4 is 0 Å². The van der Waals surface area contributed by atoms with E-state index in [0.29, 0.717) is 63.4 Å². The molecule has 0 aromatic rings. The van der Waals surface area contributed by atoms with E-state index in [1.807, 2.05) is 58.1 Å². The second-order valence-electron chi connectivity index (χ2n) is 19.6. The van der Waals surface area contributed by atoms with Crippen molar-refractivity contribution in [2.45, 2.75) is 180 Å². The van der Waals surface area contributed by atoms with Crippen LogP contribution in [0.2, 0.25) is 0 Å². The predicted molar refractivity (Wildman–Crippen MR) is 245 cm³/mol. The highest BCUT2D eigenvalue weighted by atomic mass is 16.6. The minimum Gasteiger partial charge on any atom is -0.460 e. The van der Waals surface area contributed by atoms with E-state index in [1.165, 1.54) is 12.0 Å². The Morgan fingerprint density at radius 2 is 1.57 bits per heavy atom. The van der Waals surface area contributed by atoms with Gasteiger partial charge in [0, 0.05) is 58.5 Å². The van der Waals surface area contributed by atoms with Gasteiger partial charge in [-0.2, -0.15) is 0 Å². The van der Waals surface area contributed by atoms with Gasteiger partial charge in [-0.3, -0.25) is 19.2 Å². The Labute approximate surface area is 387 Å². The Hall–Kier alpha value is -3.37. The first-order valence-electron chi connectivity index (χ1n) is 23.9. The van der Waals surface area contributed by atoms with E-state index in [2.05, 4.69) is 0 Å². The number of methoxy groups -OCH3 is 3. The third-order valence-electron chi connectivity index (χ3n) is 14.5. The highest BCUT2D eigenvalue weighted by molar-refractivity contribution is 6.39. The molecule has 1 saturated carbocycles. The molecule has 1 unspecified atom stereocenters. The van der Waals surface area contributed by atoms with Crippen LogP contribution in [0, 0.1) is 35.5 Å². The van der Waals surface area contributed by atoms with Gasteiger partial charge in [-0.1, -0.05) is 71.1 Å². The maximum Gasteiger partial charge on any atom is 0.329 e. The predicted octanol–water partition coefficient (Wildman–Crippen LogP) is 6.18. The van der Waals surface area contributed by atoms with E-state index in [9.17, 15) is 39.3 Å². The number of rotatable bonds is 6. The van der Waals surface area contributed by atoms with Crippen LogP contribution in [0.15, 0.2) is 47.6 Å². The number of ether oxygens (including phenoxy) is 5. The maximum absolute atomic E-state index is 14.4. The summed E-state index contributed by atoms with van der Waals surface area (Å²) in [5.74, 6) is -7.96. The van der Waals surface area contributed by atoms with Crippen LogP contribution in [-0.4, -0.2) is 132 Å². The first kappa shape index (κ1) is 54.2. The number of ketones is 3. The number of esters is 1. The molecule has 15 atom stereocenters. The number of aliphatic hydroxyl groups is 3. The summed E-state index contributed by atoms with van der Waals surface area (Å²) in [6.45, 7) is 12.7. The van der Waals surface area contributed by atoms with Crippen molar-refractivity contribution in [3.05, 3.63) is 47.6 Å². The zero-order valence-corrected chi connectivity index (χ0v) is 40.6. The molecule has 0 radical (unpaired) electrons. The summed E-state index contributed by atoms with van der Waals surface area (Å²) in [6, 6.07) is -1.14. The number of hydrogen-bond acceptors (Lipinski definition) is 13. The van der Waals surface area contributed by atoms with Crippen molar-refractivity contribution in [3.63, 3.8) is 0 Å². The van der Waals surface area contributed by atoms with Crippen LogP contribution in [0.1, 0.15) is 126 Å². The van der Waals surface area contributed by atoms with Gasteiger partial charge in [-0.05, 0) is 107 Å². The number of fused-ring (bicyclic) bond motifs is 3. The quantitative estimate of drug-likeness (QED) is 0.156. The highest BCUT2D eigenvalue weighted by Crippen LogP contribution is 2.38. The van der Waals surface area contributed by atoms with Crippen molar-refractivity contribution in [2.24, 2.45) is 35.5 Å². The van der Waals surface area contributed by atoms with Crippen LogP contribution in [0.3, 0.4) is 0 Å². The number of aliphatic hydroxyl groups excluding tert-OH is 2. The van der Waals surface area contributed by atoms with Crippen LogP contribution in [0.25, 0.3) is 0 Å². The average Bonchev–Trinajstić information content (AvgIpc) is 3.28. The molecule has 3 heterocycles. The molecule has 14 nitrogen and oxygen atoms in total. The van der Waals surface area contributed by atoms with Gasteiger partial charge in [0.2, 0.25) is 5.79 Å². The molecular formula is C51H79NO13. The molecule has 4 rings (SSSR count). The topological polar surface area (TPSA) is 195 Å². The minimum atomic E-state index is -2.43. The molecule has 2 saturated heterocycles. The van der Waals surface area contributed by atoms with Gasteiger partial charge in [-0.15, -0.1) is 0 Å². The van der Waals surface area contributed by atoms with Gasteiger partial charge in [-0.25, -0.2) is 4.79 Å². The summed E-state index contributed by atoms with van der Waals surface area (Å²) >= 11 is 0. The van der Waals surface area contributed by atoms with E-state index in [0.717, 1.165) is 12.0 Å². The monoisotopic (exact) mass is 914 g/mol. The number of nitrogens with zero attached hydrogens (tertiary/aromatic N) is 1. The normalized spacial score (nSPS) is 40.4. The van der Waals surface area contributed by atoms with E-state index in [-0.39, 0.29) is 54.8 Å². The highest BCUT2D eigenvalue weighted by Gasteiger charge is 2.53. The Kier molecular flexibility index (Phi) is 21.0. The Morgan fingerprint density at radius 1 is 0.846 bits per heavy atom. The SMILES string of the molecule is CO[C@H]1CC2CC[C@@H](C)[C@@](O)(O2)C(=O)C(=O)N2CCCC[C@H]2C(=O)O[C@H]([C@@H](C)C[C@@H]2CC[C@@H](O)[C@H](OC)C2)CC(=O)[C@H](C)/C=C(\C)[C@@H](O)[C@@H](OC)C(=O)[C@H](C)C[C@H](C)/C=C/C=C/C=C/1C. The zero-order valence-electron chi connectivity index (χ0n) is 40.6. The molecule has 366 valence electrons. The number of allylic oxidation sites excluding steroid dienone is 6. The van der Waals surface area contributed by atoms with Crippen LogP contribution in [0.5, 0.6) is 0 Å². The van der Waals surface area contributed by atoms with E-state index in [4.69, 9.17) is 23.7 Å². The van der Waals surface area contributed by atoms with Gasteiger partial charge in [0.15, 0.2) is 5.78 Å². The zero-order chi connectivity index (χ0) is 48.2. The maximum atomic E-state index is 14.4. The fourth-order valence-electron chi connectivity index (χ4n) is 10.1. The number of amides is 1. The van der Waals surface area contributed by atoms with Crippen LogP contribution in [-0.2, 0) is 47.7 Å². The van der Waals surface area contributed by atoms with Crippen molar-refractivity contribution in [2.75, 3.05) is 27.9 Å². The molecule has 1 aliphatic carbocycles. The molecular weight excluding hydrogens is 835 g/mol. The first-order valence-corrected chi connectivity index (χ1v) is 23.9. The van der Waals surface area contributed by atoms with Gasteiger partial charge in [0.05, 0.1) is 24.4 Å². The smallest absolute Gasteiger partial charge is 0.329 e. The fraction of sp³-hybridized carbons (Fsp3) is 0.745. The molecule has 4 aliphatic rings. The number of carbonyl (C=O) groups excluding carboxylic acids is 5. The van der Waals surface area contributed by atoms with Crippen molar-refractivity contribution < 1.29 is 63.0 Å². The van der Waals surface area contributed by atoms with Crippen molar-refractivity contribution in [1.29, 1.82) is 0 Å². The Morgan fingerprint density at radius 3 is 2.25 bits per heavy atom. The molecule has 0 aromatic carbocycles. The van der Waals surface area contributed by atoms with E-state index < -0.39 is 83.9 Å². The number of carbonyl (C=O) groups is 5. The third kappa shape index (κ3) is 14.3. The number of hydrogen-bond donors (Lipinski definition) is 3. The third-order valence-corrected chi connectivity index (χ3v) is 14.5. The fourth-order valence-corrected chi connectivity index (χ4v) is 10.1. The van der Waals surface area contributed by atoms with Gasteiger partial charge in [0.25, 0.3) is 11.7 Å². The molecule has 2 bridgehead atoms. The number of piperidine rings is 1. The standard InChI is InChI=1S/C51H79NO13/c1-30-16-12-11-13-17-31(2)42(61-8)28-38-21-19-36(7)51(60,65-38)48(57)49(58)52-23-15-14-18-39(52)50(59)64-43(33(4)26-37-20-22-40(53)44(27-37)62-9)29-41(54)32(3)25-35(6)46(56)47(63-10)45(55)34(5)24-30/h11-13,16-17,25,30,32-34,36-40,42-44,46-47,53,56,60H,14-15,18-24,26-29H2,1-10H3/b13-11+,16-12+,31-17+,35-25+/t30-,32-,33+,34-,36-,37+,38?,39+,40-,42+,43+,44-,46-,47+,51-/m1/s1. The minimum absolute atomic E-state index is 0.0193. The number of Topliss-reactive ketones (excluding diaryl/α,β-unsaturated/α-hetero) is 3. The van der Waals surface area contributed by atoms with Crippen LogP contribution in [0.4, 0.5) is 0 Å². The molecule has 0 spiro atoms. The second-order valence-corrected chi connectivity index (χ2v) is 19.6. The summed E-state index contributed by atoms with van der Waals surface area (Å²) in [5, 5.41) is 33.8. The Balaban J connectivity index is 1.70. The van der Waals surface area contributed by atoms with Crippen molar-refractivity contribution in [3.8, 4) is 0 Å². The lowest BCUT2D eigenvalue weighted by Crippen LogP contribution is -2.61. The van der Waals surface area contributed by atoms with E-state index in [1.54, 1.807) is 41.1 Å². The lowest BCUT2D eigenvalue weighted by atomic mass is 9.78. The molecule has 3 N–H and O–H groups in total. The summed E-state index contributed by atoms with van der Waals surface area (Å²) in [6.07, 6.45) is 11.2. The summed E-state index contributed by atoms with van der Waals surface area (Å²) in [7, 11) is 4.52. The lowest BCUT2D eigenvalue weighted by molar-refractivity contribution is -0.265. The Bertz CT molecular complexity index is 1760. The van der Waals surface area contributed by atoms with Crippen LogP contribution >= 0.6 is 0 Å². The van der Waals surface area contributed by atoms with E-state index >= 15 is 0 Å². The molecule has 3 fully saturated rings. The number of cyclic esters (lactones) is 1. The molecule has 0 aromatic heterocycles. The average molecular weight is 914 g/mol. The summed E-state index contributed by atoms with van der Waals surface area (Å²) in [5.41, 5.74) is 1.27. The molecule has 65 heavy (non-hydrogen) atoms.